The first kappa shape index (κ1) is 24.9. The highest BCUT2D eigenvalue weighted by Crippen LogP contribution is 2.14. The maximum absolute atomic E-state index is 12.8. The monoisotopic (exact) mass is 475 g/mol. The van der Waals surface area contributed by atoms with E-state index in [9.17, 15) is 9.59 Å². The van der Waals surface area contributed by atoms with E-state index >= 15 is 0 Å². The first-order valence-corrected chi connectivity index (χ1v) is 11.6. The Hall–Kier alpha value is -3.71. The number of thiocarbonyl (C=S) groups is 1. The second-order valence-electron chi connectivity index (χ2n) is 7.81. The molecule has 0 aromatic heterocycles. The molecule has 0 spiro atoms. The molecule has 176 valence electrons. The summed E-state index contributed by atoms with van der Waals surface area (Å²) in [5, 5.41) is 3.04. The highest BCUT2D eigenvalue weighted by atomic mass is 32.1. The Balaban J connectivity index is 1.57. The summed E-state index contributed by atoms with van der Waals surface area (Å²) in [6, 6.07) is 27.0. The van der Waals surface area contributed by atoms with Crippen molar-refractivity contribution in [1.29, 1.82) is 0 Å². The number of carbonyl (C=O) groups excluding carboxylic acids is 2. The quantitative estimate of drug-likeness (QED) is 0.413. The summed E-state index contributed by atoms with van der Waals surface area (Å²) in [5.41, 5.74) is 8.09. The van der Waals surface area contributed by atoms with Crippen LogP contribution in [0, 0.1) is 0 Å². The Bertz CT molecular complexity index is 1090. The average Bonchev–Trinajstić information content (AvgIpc) is 2.85. The van der Waals surface area contributed by atoms with E-state index in [0.29, 0.717) is 31.0 Å². The molecule has 0 aliphatic carbocycles. The van der Waals surface area contributed by atoms with E-state index in [1.54, 1.807) is 23.1 Å². The van der Waals surface area contributed by atoms with Gasteiger partial charge in [-0.2, -0.15) is 0 Å². The summed E-state index contributed by atoms with van der Waals surface area (Å²) in [7, 11) is 0. The number of nitrogens with zero attached hydrogens (tertiary/aromatic N) is 1. The van der Waals surface area contributed by atoms with Gasteiger partial charge in [0, 0.05) is 31.5 Å². The van der Waals surface area contributed by atoms with E-state index in [4.69, 9.17) is 22.7 Å². The maximum Gasteiger partial charge on any atom is 0.257 e. The predicted octanol–water partition coefficient (Wildman–Crippen LogP) is 3.74. The topological polar surface area (TPSA) is 84.7 Å². The molecule has 2 amide bonds. The van der Waals surface area contributed by atoms with Gasteiger partial charge in [-0.1, -0.05) is 66.7 Å². The van der Waals surface area contributed by atoms with Crippen LogP contribution in [0.15, 0.2) is 84.9 Å². The molecule has 0 fully saturated rings. The van der Waals surface area contributed by atoms with Crippen molar-refractivity contribution in [3.8, 4) is 5.75 Å². The number of hydrogen-bond donors (Lipinski definition) is 2. The molecule has 3 rings (SSSR count). The Labute approximate surface area is 205 Å². The van der Waals surface area contributed by atoms with Gasteiger partial charge in [-0.3, -0.25) is 14.9 Å². The molecular formula is C27H29N3O3S. The largest absolute Gasteiger partial charge is 0.493 e. The molecule has 3 aromatic rings. The molecular weight excluding hydrogens is 446 g/mol. The Morgan fingerprint density at radius 2 is 1.50 bits per heavy atom. The highest BCUT2D eigenvalue weighted by Gasteiger charge is 2.15. The molecule has 0 saturated carbocycles. The zero-order valence-electron chi connectivity index (χ0n) is 19.0. The van der Waals surface area contributed by atoms with Gasteiger partial charge in [0.15, 0.2) is 5.11 Å². The molecule has 0 aliphatic heterocycles. The number of benzene rings is 3. The zero-order chi connectivity index (χ0) is 24.2. The third-order valence-electron chi connectivity index (χ3n) is 5.25. The first-order valence-electron chi connectivity index (χ1n) is 11.2. The molecule has 6 nitrogen and oxygen atoms in total. The Morgan fingerprint density at radius 3 is 2.15 bits per heavy atom. The molecule has 0 heterocycles. The summed E-state index contributed by atoms with van der Waals surface area (Å²) < 4.78 is 5.83. The summed E-state index contributed by atoms with van der Waals surface area (Å²) in [6.45, 7) is 1.40. The van der Waals surface area contributed by atoms with E-state index in [1.165, 1.54) is 5.56 Å². The predicted molar refractivity (Wildman–Crippen MR) is 138 cm³/mol. The van der Waals surface area contributed by atoms with Crippen molar-refractivity contribution in [2.45, 2.75) is 19.3 Å². The highest BCUT2D eigenvalue weighted by molar-refractivity contribution is 7.80. The lowest BCUT2D eigenvalue weighted by atomic mass is 10.1. The lowest BCUT2D eigenvalue weighted by Gasteiger charge is -2.25. The van der Waals surface area contributed by atoms with Gasteiger partial charge in [0.05, 0.1) is 6.61 Å². The van der Waals surface area contributed by atoms with Crippen LogP contribution in [0.3, 0.4) is 0 Å². The van der Waals surface area contributed by atoms with Gasteiger partial charge in [-0.25, -0.2) is 0 Å². The van der Waals surface area contributed by atoms with Crippen molar-refractivity contribution in [2.24, 2.45) is 5.73 Å². The molecule has 0 saturated heterocycles. The van der Waals surface area contributed by atoms with Crippen molar-refractivity contribution in [1.82, 2.24) is 10.2 Å². The molecule has 3 aromatic carbocycles. The molecule has 0 unspecified atom stereocenters. The Morgan fingerprint density at radius 1 is 0.853 bits per heavy atom. The second-order valence-corrected chi connectivity index (χ2v) is 8.20. The van der Waals surface area contributed by atoms with Gasteiger partial charge in [0.1, 0.15) is 5.75 Å². The van der Waals surface area contributed by atoms with Crippen LogP contribution in [0.4, 0.5) is 0 Å². The van der Waals surface area contributed by atoms with Crippen LogP contribution in [0.5, 0.6) is 5.75 Å². The third-order valence-corrected chi connectivity index (χ3v) is 5.61. The van der Waals surface area contributed by atoms with Crippen LogP contribution in [0.1, 0.15) is 27.9 Å². The van der Waals surface area contributed by atoms with Crippen molar-refractivity contribution < 1.29 is 14.3 Å². The van der Waals surface area contributed by atoms with Crippen LogP contribution in [0.2, 0.25) is 0 Å². The number of ether oxygens (including phenoxy) is 1. The fourth-order valence-electron chi connectivity index (χ4n) is 3.38. The molecule has 0 atom stereocenters. The van der Waals surface area contributed by atoms with Crippen LogP contribution in [-0.4, -0.2) is 41.5 Å². The number of nitrogens with one attached hydrogen (secondary N) is 1. The van der Waals surface area contributed by atoms with E-state index in [1.807, 2.05) is 54.6 Å². The lowest BCUT2D eigenvalue weighted by molar-refractivity contribution is -0.118. The van der Waals surface area contributed by atoms with Crippen LogP contribution in [-0.2, 0) is 17.6 Å². The van der Waals surface area contributed by atoms with E-state index in [0.717, 1.165) is 18.4 Å². The van der Waals surface area contributed by atoms with Crippen LogP contribution in [0.25, 0.3) is 0 Å². The second kappa shape index (κ2) is 13.1. The van der Waals surface area contributed by atoms with Crippen molar-refractivity contribution in [2.75, 3.05) is 19.7 Å². The molecule has 7 heteroatoms. The molecule has 0 radical (unpaired) electrons. The fourth-order valence-corrected chi connectivity index (χ4v) is 3.65. The maximum atomic E-state index is 12.8. The Kier molecular flexibility index (Phi) is 9.61. The standard InChI is InChI=1S/C27H29N3O3S/c28-25(31)15-18-30(17-14-21-8-3-1-4-9-21)27(34)29-26(32)23-12-7-13-24(20-23)33-19-16-22-10-5-2-6-11-22/h1-13,20H,14-19H2,(H2,28,31)(H,29,32,34). The molecule has 0 bridgehead atoms. The SMILES string of the molecule is NC(=O)CCN(CCc1ccccc1)C(=S)NC(=O)c1cccc(OCCc2ccccc2)c1. The fraction of sp³-hybridized carbons (Fsp3) is 0.222. The third kappa shape index (κ3) is 8.33. The molecule has 0 aliphatic rings. The number of carbonyl (C=O) groups is 2. The minimum atomic E-state index is -0.417. The summed E-state index contributed by atoms with van der Waals surface area (Å²) in [4.78, 5) is 26.0. The average molecular weight is 476 g/mol. The summed E-state index contributed by atoms with van der Waals surface area (Å²) in [5.74, 6) is -0.134. The first-order chi connectivity index (χ1) is 16.5. The van der Waals surface area contributed by atoms with Crippen molar-refractivity contribution >= 4 is 29.1 Å². The van der Waals surface area contributed by atoms with Gasteiger partial charge in [0.25, 0.3) is 5.91 Å². The van der Waals surface area contributed by atoms with Gasteiger partial charge in [-0.15, -0.1) is 0 Å². The van der Waals surface area contributed by atoms with Gasteiger partial charge < -0.3 is 15.4 Å². The molecule has 3 N–H and O–H groups in total. The van der Waals surface area contributed by atoms with Gasteiger partial charge in [0.2, 0.25) is 5.91 Å². The minimum absolute atomic E-state index is 0.148. The van der Waals surface area contributed by atoms with Crippen LogP contribution < -0.4 is 15.8 Å². The smallest absolute Gasteiger partial charge is 0.257 e. The number of rotatable bonds is 11. The summed E-state index contributed by atoms with van der Waals surface area (Å²) >= 11 is 5.49. The van der Waals surface area contributed by atoms with Crippen molar-refractivity contribution in [3.63, 3.8) is 0 Å². The summed E-state index contributed by atoms with van der Waals surface area (Å²) in [6.07, 6.45) is 1.65. The van der Waals surface area contributed by atoms with E-state index < -0.39 is 5.91 Å². The van der Waals surface area contributed by atoms with Gasteiger partial charge >= 0.3 is 0 Å². The number of nitrogens with two attached hydrogens (primary N) is 1. The van der Waals surface area contributed by atoms with E-state index in [-0.39, 0.29) is 17.4 Å². The minimum Gasteiger partial charge on any atom is -0.493 e. The van der Waals surface area contributed by atoms with Gasteiger partial charge in [-0.05, 0) is 48.0 Å². The lowest BCUT2D eigenvalue weighted by Crippen LogP contribution is -2.44. The normalized spacial score (nSPS) is 10.4. The number of amides is 2. The number of hydrogen-bond acceptors (Lipinski definition) is 4. The van der Waals surface area contributed by atoms with Crippen molar-refractivity contribution in [3.05, 3.63) is 102 Å². The zero-order valence-corrected chi connectivity index (χ0v) is 19.8. The molecule has 34 heavy (non-hydrogen) atoms. The number of primary amides is 1. The van der Waals surface area contributed by atoms with E-state index in [2.05, 4.69) is 17.4 Å². The van der Waals surface area contributed by atoms with Crippen LogP contribution >= 0.6 is 12.2 Å².